The fourth-order valence-electron chi connectivity index (χ4n) is 3.62. The van der Waals surface area contributed by atoms with Crippen molar-refractivity contribution in [1.29, 1.82) is 0 Å². The van der Waals surface area contributed by atoms with Gasteiger partial charge in [-0.15, -0.1) is 0 Å². The maximum atomic E-state index is 12.6. The molecule has 0 saturated carbocycles. The molecule has 0 bridgehead atoms. The molecule has 2 N–H and O–H groups in total. The summed E-state index contributed by atoms with van der Waals surface area (Å²) in [4.78, 5) is 24.9. The maximum Gasteiger partial charge on any atom is 0.271 e. The number of benzene rings is 4. The number of carbonyl (C=O) groups excluding carboxylic acids is 2. The van der Waals surface area contributed by atoms with Crippen LogP contribution in [0.1, 0.15) is 27.0 Å². The molecule has 41 heavy (non-hydrogen) atoms. The fourth-order valence-corrected chi connectivity index (χ4v) is 4.31. The Labute approximate surface area is 251 Å². The summed E-state index contributed by atoms with van der Waals surface area (Å²) in [5, 5.41) is 7.36. The first-order valence-corrected chi connectivity index (χ1v) is 13.7. The molecule has 0 heterocycles. The van der Waals surface area contributed by atoms with E-state index in [2.05, 4.69) is 31.8 Å². The second-order valence-electron chi connectivity index (χ2n) is 8.83. The molecular formula is C31H27BrClN3O5. The van der Waals surface area contributed by atoms with Crippen molar-refractivity contribution in [2.75, 3.05) is 19.0 Å². The van der Waals surface area contributed by atoms with Gasteiger partial charge in [-0.2, -0.15) is 5.10 Å². The standard InChI is InChI=1S/C31H27BrClN3O5/c1-20-8-11-24(16-26(20)33)35-30(37)19-41-27-12-9-22(14-25(27)32)17-34-36-31(38)23-10-13-28(29(15-23)39-2)40-18-21-6-4-3-5-7-21/h3-17H,18-19H2,1-2H3,(H,35,37)(H,36,38)/b34-17+. The van der Waals surface area contributed by atoms with Crippen LogP contribution in [0.3, 0.4) is 0 Å². The normalized spacial score (nSPS) is 10.7. The molecule has 8 nitrogen and oxygen atoms in total. The van der Waals surface area contributed by atoms with E-state index in [-0.39, 0.29) is 12.5 Å². The Balaban J connectivity index is 1.28. The quantitative estimate of drug-likeness (QED) is 0.140. The number of nitrogens with one attached hydrogen (secondary N) is 2. The molecule has 0 aliphatic heterocycles. The number of methoxy groups -OCH3 is 1. The van der Waals surface area contributed by atoms with Crippen molar-refractivity contribution in [3.8, 4) is 17.2 Å². The van der Waals surface area contributed by atoms with Crippen LogP contribution in [0.25, 0.3) is 0 Å². The fraction of sp³-hybridized carbons (Fsp3) is 0.129. The number of ether oxygens (including phenoxy) is 3. The topological polar surface area (TPSA) is 98.3 Å². The van der Waals surface area contributed by atoms with Crippen LogP contribution in [0.15, 0.2) is 94.5 Å². The number of carbonyl (C=O) groups is 2. The number of hydrogen-bond donors (Lipinski definition) is 2. The number of aryl methyl sites for hydroxylation is 1. The predicted octanol–water partition coefficient (Wildman–Crippen LogP) is 6.78. The van der Waals surface area contributed by atoms with E-state index in [1.54, 1.807) is 48.5 Å². The summed E-state index contributed by atoms with van der Waals surface area (Å²) in [5.41, 5.74) is 6.10. The van der Waals surface area contributed by atoms with E-state index in [0.29, 0.717) is 50.2 Å². The van der Waals surface area contributed by atoms with Gasteiger partial charge in [0.05, 0.1) is 17.8 Å². The molecule has 0 aromatic heterocycles. The second kappa shape index (κ2) is 14.3. The van der Waals surface area contributed by atoms with E-state index in [0.717, 1.165) is 11.1 Å². The average Bonchev–Trinajstić information content (AvgIpc) is 2.98. The monoisotopic (exact) mass is 635 g/mol. The minimum atomic E-state index is -0.408. The van der Waals surface area contributed by atoms with Gasteiger partial charge in [-0.25, -0.2) is 5.43 Å². The molecule has 0 radical (unpaired) electrons. The highest BCUT2D eigenvalue weighted by atomic mass is 79.9. The first-order valence-electron chi connectivity index (χ1n) is 12.5. The summed E-state index contributed by atoms with van der Waals surface area (Å²) in [6.45, 7) is 2.08. The lowest BCUT2D eigenvalue weighted by molar-refractivity contribution is -0.118. The van der Waals surface area contributed by atoms with Crippen molar-refractivity contribution in [2.24, 2.45) is 5.10 Å². The van der Waals surface area contributed by atoms with Crippen LogP contribution in [-0.2, 0) is 11.4 Å². The van der Waals surface area contributed by atoms with E-state index < -0.39 is 5.91 Å². The van der Waals surface area contributed by atoms with E-state index in [1.165, 1.54) is 13.3 Å². The van der Waals surface area contributed by atoms with Gasteiger partial charge in [0.15, 0.2) is 18.1 Å². The minimum Gasteiger partial charge on any atom is -0.493 e. The smallest absolute Gasteiger partial charge is 0.271 e. The molecule has 0 fully saturated rings. The Morgan fingerprint density at radius 1 is 0.927 bits per heavy atom. The van der Waals surface area contributed by atoms with Crippen molar-refractivity contribution in [3.05, 3.63) is 117 Å². The number of amides is 2. The first-order chi connectivity index (χ1) is 19.8. The number of rotatable bonds is 11. The van der Waals surface area contributed by atoms with Crippen molar-refractivity contribution in [3.63, 3.8) is 0 Å². The van der Waals surface area contributed by atoms with Crippen molar-refractivity contribution < 1.29 is 23.8 Å². The van der Waals surface area contributed by atoms with Crippen LogP contribution in [-0.4, -0.2) is 31.7 Å². The Kier molecular flexibility index (Phi) is 10.4. The number of hydrazone groups is 1. The van der Waals surface area contributed by atoms with Crippen molar-refractivity contribution >= 4 is 51.2 Å². The molecule has 0 spiro atoms. The van der Waals surface area contributed by atoms with Crippen LogP contribution < -0.4 is 25.0 Å². The zero-order chi connectivity index (χ0) is 29.2. The van der Waals surface area contributed by atoms with Gasteiger partial charge in [-0.3, -0.25) is 9.59 Å². The van der Waals surface area contributed by atoms with Crippen LogP contribution in [0, 0.1) is 6.92 Å². The minimum absolute atomic E-state index is 0.187. The number of anilines is 1. The molecule has 2 amide bonds. The average molecular weight is 637 g/mol. The van der Waals surface area contributed by atoms with E-state index in [9.17, 15) is 9.59 Å². The molecule has 0 unspecified atom stereocenters. The molecule has 4 rings (SSSR count). The Morgan fingerprint density at radius 2 is 1.71 bits per heavy atom. The third kappa shape index (κ3) is 8.57. The maximum absolute atomic E-state index is 12.6. The Morgan fingerprint density at radius 3 is 2.44 bits per heavy atom. The summed E-state index contributed by atoms with van der Waals surface area (Å²) in [7, 11) is 1.52. The summed E-state index contributed by atoms with van der Waals surface area (Å²) >= 11 is 9.55. The zero-order valence-electron chi connectivity index (χ0n) is 22.3. The van der Waals surface area contributed by atoms with Crippen molar-refractivity contribution in [2.45, 2.75) is 13.5 Å². The molecule has 4 aromatic carbocycles. The molecule has 0 saturated heterocycles. The lowest BCUT2D eigenvalue weighted by Crippen LogP contribution is -2.20. The van der Waals surface area contributed by atoms with Gasteiger partial charge >= 0.3 is 0 Å². The van der Waals surface area contributed by atoms with Gasteiger partial charge in [-0.1, -0.05) is 48.0 Å². The van der Waals surface area contributed by atoms with Gasteiger partial charge < -0.3 is 19.5 Å². The third-order valence-electron chi connectivity index (χ3n) is 5.81. The van der Waals surface area contributed by atoms with E-state index >= 15 is 0 Å². The van der Waals surface area contributed by atoms with Gasteiger partial charge in [0.25, 0.3) is 11.8 Å². The molecule has 0 aliphatic rings. The molecule has 10 heteroatoms. The lowest BCUT2D eigenvalue weighted by Gasteiger charge is -2.12. The van der Waals surface area contributed by atoms with Crippen LogP contribution in [0.2, 0.25) is 5.02 Å². The van der Waals surface area contributed by atoms with Crippen LogP contribution >= 0.6 is 27.5 Å². The van der Waals surface area contributed by atoms with E-state index in [1.807, 2.05) is 43.3 Å². The molecule has 4 aromatic rings. The van der Waals surface area contributed by atoms with E-state index in [4.69, 9.17) is 25.8 Å². The Hall–Kier alpha value is -4.34. The summed E-state index contributed by atoms with van der Waals surface area (Å²) < 4.78 is 17.5. The molecule has 0 aliphatic carbocycles. The Bertz CT molecular complexity index is 1560. The number of halogens is 2. The van der Waals surface area contributed by atoms with Gasteiger partial charge in [0, 0.05) is 16.3 Å². The zero-order valence-corrected chi connectivity index (χ0v) is 24.7. The third-order valence-corrected chi connectivity index (χ3v) is 6.84. The molecule has 0 atom stereocenters. The molecular weight excluding hydrogens is 610 g/mol. The molecule has 210 valence electrons. The number of nitrogens with zero attached hydrogens (tertiary/aromatic N) is 1. The van der Waals surface area contributed by atoms with Gasteiger partial charge in [0.2, 0.25) is 0 Å². The van der Waals surface area contributed by atoms with Crippen LogP contribution in [0.5, 0.6) is 17.2 Å². The SMILES string of the molecule is COc1cc(C(=O)N/N=C/c2ccc(OCC(=O)Nc3ccc(C)c(Cl)c3)c(Br)c2)ccc1OCc1ccccc1. The highest BCUT2D eigenvalue weighted by Crippen LogP contribution is 2.29. The predicted molar refractivity (Wildman–Crippen MR) is 163 cm³/mol. The van der Waals surface area contributed by atoms with Gasteiger partial charge in [0.1, 0.15) is 12.4 Å². The van der Waals surface area contributed by atoms with Crippen molar-refractivity contribution in [1.82, 2.24) is 5.43 Å². The highest BCUT2D eigenvalue weighted by Gasteiger charge is 2.12. The lowest BCUT2D eigenvalue weighted by atomic mass is 10.2. The summed E-state index contributed by atoms with van der Waals surface area (Å²) in [6, 6.07) is 25.2. The second-order valence-corrected chi connectivity index (χ2v) is 10.1. The number of hydrogen-bond acceptors (Lipinski definition) is 6. The van der Waals surface area contributed by atoms with Gasteiger partial charge in [-0.05, 0) is 88.1 Å². The first kappa shape index (κ1) is 29.6. The summed E-state index contributed by atoms with van der Waals surface area (Å²) in [6.07, 6.45) is 1.49. The highest BCUT2D eigenvalue weighted by molar-refractivity contribution is 9.10. The van der Waals surface area contributed by atoms with Crippen LogP contribution in [0.4, 0.5) is 5.69 Å². The largest absolute Gasteiger partial charge is 0.493 e. The summed E-state index contributed by atoms with van der Waals surface area (Å²) in [5.74, 6) is 0.714.